The second-order valence-electron chi connectivity index (χ2n) is 9.53. The highest BCUT2D eigenvalue weighted by molar-refractivity contribution is 7.86. The molecule has 0 unspecified atom stereocenters. The standard InChI is InChI=1S/C25H34FN5O2S/c1-18-13-24(28-22-9-7-21(26)8-10-22)20(15-27)14-23(18)25-17-31(34(32,33)29(2)3)12-11-30(25)16-19-5-4-6-19/h7-10,13-15,19,25,27-28H,4-6,11-12,16-17H2,1-3H3/t25-/m0/s1. The predicted octanol–water partition coefficient (Wildman–Crippen LogP) is 4.14. The molecule has 34 heavy (non-hydrogen) atoms. The number of hydrogen-bond acceptors (Lipinski definition) is 5. The number of aryl methyl sites for hydroxylation is 1. The van der Waals surface area contributed by atoms with Crippen LogP contribution in [0.25, 0.3) is 0 Å². The van der Waals surface area contributed by atoms with Crippen molar-refractivity contribution in [3.05, 3.63) is 58.9 Å². The minimum absolute atomic E-state index is 0.0809. The molecule has 184 valence electrons. The first-order valence-corrected chi connectivity index (χ1v) is 13.2. The number of rotatable bonds is 8. The molecule has 2 aliphatic rings. The lowest BCUT2D eigenvalue weighted by molar-refractivity contribution is 0.0789. The molecular formula is C25H34FN5O2S. The summed E-state index contributed by atoms with van der Waals surface area (Å²) in [5.41, 5.74) is 4.29. The molecule has 1 aliphatic carbocycles. The maximum absolute atomic E-state index is 13.3. The third-order valence-corrected chi connectivity index (χ3v) is 8.94. The summed E-state index contributed by atoms with van der Waals surface area (Å²) in [4.78, 5) is 2.43. The Kier molecular flexibility index (Phi) is 7.37. The first-order valence-electron chi connectivity index (χ1n) is 11.8. The van der Waals surface area contributed by atoms with Crippen molar-refractivity contribution in [3.8, 4) is 0 Å². The monoisotopic (exact) mass is 487 g/mol. The quantitative estimate of drug-likeness (QED) is 0.549. The van der Waals surface area contributed by atoms with Gasteiger partial charge in [0.15, 0.2) is 0 Å². The molecule has 4 rings (SSSR count). The van der Waals surface area contributed by atoms with Crippen molar-refractivity contribution in [2.75, 3.05) is 45.6 Å². The summed E-state index contributed by atoms with van der Waals surface area (Å²) in [7, 11) is -0.375. The highest BCUT2D eigenvalue weighted by Gasteiger charge is 2.37. The van der Waals surface area contributed by atoms with Crippen LogP contribution in [0.4, 0.5) is 15.8 Å². The lowest BCUT2D eigenvalue weighted by Gasteiger charge is -2.44. The van der Waals surface area contributed by atoms with Gasteiger partial charge in [0.05, 0.1) is 0 Å². The first-order chi connectivity index (χ1) is 16.2. The second-order valence-corrected chi connectivity index (χ2v) is 11.7. The molecule has 9 heteroatoms. The van der Waals surface area contributed by atoms with Crippen molar-refractivity contribution < 1.29 is 12.8 Å². The van der Waals surface area contributed by atoms with E-state index in [1.165, 1.54) is 41.9 Å². The molecule has 2 aromatic carbocycles. The van der Waals surface area contributed by atoms with Gasteiger partial charge in [-0.25, -0.2) is 4.39 Å². The van der Waals surface area contributed by atoms with E-state index in [0.717, 1.165) is 29.0 Å². The fourth-order valence-corrected chi connectivity index (χ4v) is 5.88. The second kappa shape index (κ2) is 10.1. The third-order valence-electron chi connectivity index (χ3n) is 7.04. The van der Waals surface area contributed by atoms with E-state index in [2.05, 4.69) is 10.2 Å². The number of nitrogens with zero attached hydrogens (tertiary/aromatic N) is 3. The molecule has 1 heterocycles. The molecule has 1 saturated carbocycles. The number of anilines is 2. The maximum Gasteiger partial charge on any atom is 0.281 e. The molecule has 7 nitrogen and oxygen atoms in total. The number of piperazine rings is 1. The van der Waals surface area contributed by atoms with E-state index in [-0.39, 0.29) is 11.9 Å². The topological polar surface area (TPSA) is 79.7 Å². The Morgan fingerprint density at radius 2 is 1.88 bits per heavy atom. The molecule has 0 amide bonds. The van der Waals surface area contributed by atoms with Gasteiger partial charge in [-0.05, 0) is 73.2 Å². The van der Waals surface area contributed by atoms with Crippen molar-refractivity contribution in [1.82, 2.24) is 13.5 Å². The van der Waals surface area contributed by atoms with Gasteiger partial charge in [0.25, 0.3) is 10.2 Å². The fraction of sp³-hybridized carbons (Fsp3) is 0.480. The van der Waals surface area contributed by atoms with Crippen LogP contribution >= 0.6 is 0 Å². The zero-order valence-corrected chi connectivity index (χ0v) is 20.9. The Labute approximate surface area is 202 Å². The van der Waals surface area contributed by atoms with Crippen LogP contribution in [0.1, 0.15) is 42.0 Å². The summed E-state index contributed by atoms with van der Waals surface area (Å²) < 4.78 is 42.0. The number of benzene rings is 2. The van der Waals surface area contributed by atoms with Crippen molar-refractivity contribution >= 4 is 27.8 Å². The van der Waals surface area contributed by atoms with E-state index in [1.807, 2.05) is 19.1 Å². The van der Waals surface area contributed by atoms with Crippen LogP contribution in [-0.4, -0.2) is 68.4 Å². The Morgan fingerprint density at radius 1 is 1.18 bits per heavy atom. The van der Waals surface area contributed by atoms with Gasteiger partial charge in [-0.3, -0.25) is 4.90 Å². The minimum Gasteiger partial charge on any atom is -0.355 e. The van der Waals surface area contributed by atoms with Crippen molar-refractivity contribution in [2.24, 2.45) is 5.92 Å². The molecule has 0 radical (unpaired) electrons. The van der Waals surface area contributed by atoms with Crippen LogP contribution in [0.2, 0.25) is 0 Å². The van der Waals surface area contributed by atoms with Crippen molar-refractivity contribution in [3.63, 3.8) is 0 Å². The zero-order valence-electron chi connectivity index (χ0n) is 20.1. The summed E-state index contributed by atoms with van der Waals surface area (Å²) in [5.74, 6) is 0.367. The van der Waals surface area contributed by atoms with Gasteiger partial charge in [0.2, 0.25) is 0 Å². The summed E-state index contributed by atoms with van der Waals surface area (Å²) in [6.45, 7) is 4.54. The molecule has 0 bridgehead atoms. The average Bonchev–Trinajstić information content (AvgIpc) is 2.78. The molecule has 0 spiro atoms. The molecule has 2 fully saturated rings. The van der Waals surface area contributed by atoms with Crippen LogP contribution in [-0.2, 0) is 10.2 Å². The number of halogens is 1. The van der Waals surface area contributed by atoms with Crippen LogP contribution in [0.5, 0.6) is 0 Å². The summed E-state index contributed by atoms with van der Waals surface area (Å²) in [6, 6.07) is 10.0. The van der Waals surface area contributed by atoms with Crippen molar-refractivity contribution in [2.45, 2.75) is 32.2 Å². The van der Waals surface area contributed by atoms with Crippen LogP contribution in [0, 0.1) is 24.1 Å². The van der Waals surface area contributed by atoms with Gasteiger partial charge < -0.3 is 10.7 Å². The third kappa shape index (κ3) is 5.17. The molecule has 1 aliphatic heterocycles. The molecular weight excluding hydrogens is 453 g/mol. The minimum atomic E-state index is -3.51. The Balaban J connectivity index is 1.67. The Bertz CT molecular complexity index is 1130. The van der Waals surface area contributed by atoms with Gasteiger partial charge in [0.1, 0.15) is 5.82 Å². The Hall–Kier alpha value is -2.33. The summed E-state index contributed by atoms with van der Waals surface area (Å²) in [6.07, 6.45) is 5.04. The van der Waals surface area contributed by atoms with Gasteiger partial charge in [-0.1, -0.05) is 6.42 Å². The highest BCUT2D eigenvalue weighted by Crippen LogP contribution is 2.36. The highest BCUT2D eigenvalue weighted by atomic mass is 32.2. The van der Waals surface area contributed by atoms with E-state index < -0.39 is 10.2 Å². The molecule has 2 N–H and O–H groups in total. The van der Waals surface area contributed by atoms with Gasteiger partial charge >= 0.3 is 0 Å². The molecule has 0 aromatic heterocycles. The maximum atomic E-state index is 13.3. The SMILES string of the molecule is Cc1cc(Nc2ccc(F)cc2)c(C=N)cc1[C@@H]1CN(S(=O)(=O)N(C)C)CCN1CC1CCC1. The lowest BCUT2D eigenvalue weighted by atomic mass is 9.84. The van der Waals surface area contributed by atoms with Crippen LogP contribution in [0.15, 0.2) is 36.4 Å². The van der Waals surface area contributed by atoms with E-state index in [4.69, 9.17) is 5.41 Å². The molecule has 1 saturated heterocycles. The summed E-state index contributed by atoms with van der Waals surface area (Å²) >= 11 is 0. The van der Waals surface area contributed by atoms with E-state index in [9.17, 15) is 12.8 Å². The number of hydrogen-bond donors (Lipinski definition) is 2. The van der Waals surface area contributed by atoms with E-state index >= 15 is 0 Å². The van der Waals surface area contributed by atoms with Gasteiger partial charge in [0, 0.05) is 69.5 Å². The van der Waals surface area contributed by atoms with Crippen LogP contribution < -0.4 is 5.32 Å². The largest absolute Gasteiger partial charge is 0.355 e. The fourth-order valence-electron chi connectivity index (χ4n) is 4.77. The first kappa shape index (κ1) is 24.8. The normalized spacial score (nSPS) is 20.3. The predicted molar refractivity (Wildman–Crippen MR) is 135 cm³/mol. The molecule has 1 atom stereocenters. The van der Waals surface area contributed by atoms with Crippen molar-refractivity contribution in [1.29, 1.82) is 5.41 Å². The average molecular weight is 488 g/mol. The van der Waals surface area contributed by atoms with E-state index in [0.29, 0.717) is 31.1 Å². The Morgan fingerprint density at radius 3 is 2.47 bits per heavy atom. The lowest BCUT2D eigenvalue weighted by Crippen LogP contribution is -2.54. The number of nitrogens with one attached hydrogen (secondary N) is 2. The van der Waals surface area contributed by atoms with E-state index in [1.54, 1.807) is 30.5 Å². The molecule has 2 aromatic rings. The van der Waals surface area contributed by atoms with Crippen LogP contribution in [0.3, 0.4) is 0 Å². The van der Waals surface area contributed by atoms with Gasteiger partial charge in [-0.15, -0.1) is 0 Å². The zero-order chi connectivity index (χ0) is 24.5. The smallest absolute Gasteiger partial charge is 0.281 e. The van der Waals surface area contributed by atoms with Gasteiger partial charge in [-0.2, -0.15) is 17.0 Å². The summed E-state index contributed by atoms with van der Waals surface area (Å²) in [5, 5.41) is 11.3.